The zero-order chi connectivity index (χ0) is 16.2. The summed E-state index contributed by atoms with van der Waals surface area (Å²) in [6.07, 6.45) is 0.654. The summed E-state index contributed by atoms with van der Waals surface area (Å²) in [6, 6.07) is 3.58. The molecule has 8 heteroatoms. The molecule has 0 atom stereocenters. The van der Waals surface area contributed by atoms with Crippen molar-refractivity contribution in [3.63, 3.8) is 0 Å². The van der Waals surface area contributed by atoms with Crippen molar-refractivity contribution in [2.45, 2.75) is 32.1 Å². The Balaban J connectivity index is 2.09. The van der Waals surface area contributed by atoms with Crippen molar-refractivity contribution in [1.29, 1.82) is 0 Å². The molecule has 0 unspecified atom stereocenters. The van der Waals surface area contributed by atoms with E-state index in [-0.39, 0.29) is 0 Å². The molecule has 2 heterocycles. The lowest BCUT2D eigenvalue weighted by atomic mass is 10.3. The Bertz CT molecular complexity index is 720. The third kappa shape index (κ3) is 4.16. The van der Waals surface area contributed by atoms with Crippen LogP contribution in [0, 0.1) is 13.8 Å². The highest BCUT2D eigenvalue weighted by molar-refractivity contribution is 7.89. The summed E-state index contributed by atoms with van der Waals surface area (Å²) < 4.78 is 32.5. The van der Waals surface area contributed by atoms with Crippen molar-refractivity contribution in [1.82, 2.24) is 14.9 Å². The third-order valence-corrected chi connectivity index (χ3v) is 5.87. The van der Waals surface area contributed by atoms with Crippen LogP contribution in [0.25, 0.3) is 10.6 Å². The monoisotopic (exact) mass is 343 g/mol. The molecule has 0 fully saturated rings. The lowest BCUT2D eigenvalue weighted by Gasteiger charge is -2.06. The molecule has 2 aromatic heterocycles. The molecule has 0 aliphatic rings. The van der Waals surface area contributed by atoms with Gasteiger partial charge in [0.1, 0.15) is 5.69 Å². The molecule has 2 N–H and O–H groups in total. The van der Waals surface area contributed by atoms with Crippen molar-refractivity contribution in [3.8, 4) is 10.6 Å². The molecule has 6 nitrogen and oxygen atoms in total. The Labute approximate surface area is 135 Å². The third-order valence-electron chi connectivity index (χ3n) is 3.08. The van der Waals surface area contributed by atoms with E-state index in [1.165, 1.54) is 11.3 Å². The molecule has 0 aromatic carbocycles. The zero-order valence-corrected chi connectivity index (χ0v) is 14.6. The molecule has 0 saturated carbocycles. The van der Waals surface area contributed by atoms with Crippen molar-refractivity contribution in [3.05, 3.63) is 22.7 Å². The smallest absolute Gasteiger partial charge is 0.241 e. The summed E-state index contributed by atoms with van der Waals surface area (Å²) in [4.78, 5) is 1.93. The minimum Gasteiger partial charge on any atom is -0.382 e. The second-order valence-electron chi connectivity index (χ2n) is 4.92. The predicted molar refractivity (Wildman–Crippen MR) is 87.7 cm³/mol. The van der Waals surface area contributed by atoms with Crippen LogP contribution in [0.2, 0.25) is 0 Å². The number of ether oxygens (including phenoxy) is 1. The van der Waals surface area contributed by atoms with Gasteiger partial charge in [0, 0.05) is 30.3 Å². The molecule has 2 aromatic rings. The SMILES string of the molecule is CCOCCCNS(=O)(=O)c1cc(-c2cc(C)[nH]n2)sc1C. The standard InChI is InChI=1S/C14H21N3O3S2/c1-4-20-7-5-6-15-22(18,19)14-9-13(21-11(14)3)12-8-10(2)16-17-12/h8-9,15H,4-7H2,1-3H3,(H,16,17). The predicted octanol–water partition coefficient (Wildman–Crippen LogP) is 2.46. The first-order chi connectivity index (χ1) is 10.4. The Morgan fingerprint density at radius 1 is 1.36 bits per heavy atom. The second kappa shape index (κ2) is 7.36. The van der Waals surface area contributed by atoms with Crippen LogP contribution in [-0.2, 0) is 14.8 Å². The molecule has 22 heavy (non-hydrogen) atoms. The Hall–Kier alpha value is -1.22. The molecule has 0 saturated heterocycles. The van der Waals surface area contributed by atoms with E-state index in [2.05, 4.69) is 14.9 Å². The molecule has 0 radical (unpaired) electrons. The van der Waals surface area contributed by atoms with Gasteiger partial charge in [0.2, 0.25) is 10.0 Å². The van der Waals surface area contributed by atoms with Gasteiger partial charge in [0.05, 0.1) is 9.77 Å². The summed E-state index contributed by atoms with van der Waals surface area (Å²) in [5, 5.41) is 7.04. The lowest BCUT2D eigenvalue weighted by Crippen LogP contribution is -2.25. The number of sulfonamides is 1. The summed E-state index contributed by atoms with van der Waals surface area (Å²) in [7, 11) is -3.49. The maximum absolute atomic E-state index is 12.4. The van der Waals surface area contributed by atoms with Crippen LogP contribution in [0.1, 0.15) is 23.9 Å². The van der Waals surface area contributed by atoms with Crippen LogP contribution in [0.4, 0.5) is 0 Å². The Morgan fingerprint density at radius 2 is 2.14 bits per heavy atom. The molecule has 2 rings (SSSR count). The van der Waals surface area contributed by atoms with Crippen LogP contribution in [-0.4, -0.2) is 38.4 Å². The largest absolute Gasteiger partial charge is 0.382 e. The van der Waals surface area contributed by atoms with Crippen molar-refractivity contribution < 1.29 is 13.2 Å². The number of aromatic amines is 1. The number of hydrogen-bond donors (Lipinski definition) is 2. The molecule has 0 aliphatic heterocycles. The molecule has 0 amide bonds. The fourth-order valence-electron chi connectivity index (χ4n) is 2.01. The van der Waals surface area contributed by atoms with Gasteiger partial charge in [-0.1, -0.05) is 0 Å². The van der Waals surface area contributed by atoms with E-state index in [1.807, 2.05) is 26.8 Å². The van der Waals surface area contributed by atoms with Crippen molar-refractivity contribution >= 4 is 21.4 Å². The molecule has 0 spiro atoms. The number of nitrogens with one attached hydrogen (secondary N) is 2. The number of H-pyrrole nitrogens is 1. The van der Waals surface area contributed by atoms with Gasteiger partial charge in [-0.2, -0.15) is 5.10 Å². The summed E-state index contributed by atoms with van der Waals surface area (Å²) in [5.74, 6) is 0. The van der Waals surface area contributed by atoms with Gasteiger partial charge >= 0.3 is 0 Å². The van der Waals surface area contributed by atoms with Gasteiger partial charge in [-0.05, 0) is 39.3 Å². The van der Waals surface area contributed by atoms with Gasteiger partial charge in [0.15, 0.2) is 0 Å². The number of aromatic nitrogens is 2. The minimum absolute atomic E-state index is 0.324. The van der Waals surface area contributed by atoms with Crippen LogP contribution < -0.4 is 4.72 Å². The molecule has 0 bridgehead atoms. The first-order valence-electron chi connectivity index (χ1n) is 7.14. The van der Waals surface area contributed by atoms with Gasteiger partial charge in [-0.25, -0.2) is 13.1 Å². The number of rotatable bonds is 8. The highest BCUT2D eigenvalue weighted by Gasteiger charge is 2.20. The summed E-state index contributed by atoms with van der Waals surface area (Å²) in [5.41, 5.74) is 1.71. The van der Waals surface area contributed by atoms with Crippen LogP contribution >= 0.6 is 11.3 Å². The molecule has 122 valence electrons. The van der Waals surface area contributed by atoms with E-state index in [9.17, 15) is 8.42 Å². The van der Waals surface area contributed by atoms with Crippen molar-refractivity contribution in [2.75, 3.05) is 19.8 Å². The number of nitrogens with zero attached hydrogens (tertiary/aromatic N) is 1. The average Bonchev–Trinajstić information content (AvgIpc) is 3.05. The molecule has 0 aliphatic carbocycles. The lowest BCUT2D eigenvalue weighted by molar-refractivity contribution is 0.146. The molecular weight excluding hydrogens is 322 g/mol. The highest BCUT2D eigenvalue weighted by atomic mass is 32.2. The zero-order valence-electron chi connectivity index (χ0n) is 13.0. The summed E-state index contributed by atoms with van der Waals surface area (Å²) in [6.45, 7) is 7.20. The van der Waals surface area contributed by atoms with E-state index in [0.29, 0.717) is 31.1 Å². The van der Waals surface area contributed by atoms with Crippen LogP contribution in [0.15, 0.2) is 17.0 Å². The minimum atomic E-state index is -3.49. The van der Waals surface area contributed by atoms with E-state index >= 15 is 0 Å². The van der Waals surface area contributed by atoms with E-state index in [0.717, 1.165) is 21.1 Å². The van der Waals surface area contributed by atoms with Crippen molar-refractivity contribution in [2.24, 2.45) is 0 Å². The normalized spacial score (nSPS) is 12.0. The first-order valence-corrected chi connectivity index (χ1v) is 9.44. The van der Waals surface area contributed by atoms with Gasteiger partial charge in [-0.3, -0.25) is 5.10 Å². The van der Waals surface area contributed by atoms with Crippen LogP contribution in [0.3, 0.4) is 0 Å². The average molecular weight is 343 g/mol. The quantitative estimate of drug-likeness (QED) is 0.721. The molecular formula is C14H21N3O3S2. The van der Waals surface area contributed by atoms with Gasteiger partial charge in [0.25, 0.3) is 0 Å². The second-order valence-corrected chi connectivity index (χ2v) is 7.91. The van der Waals surface area contributed by atoms with E-state index in [1.54, 1.807) is 6.07 Å². The number of aryl methyl sites for hydroxylation is 2. The topological polar surface area (TPSA) is 84.1 Å². The Morgan fingerprint density at radius 3 is 2.77 bits per heavy atom. The fraction of sp³-hybridized carbons (Fsp3) is 0.500. The number of hydrogen-bond acceptors (Lipinski definition) is 5. The maximum Gasteiger partial charge on any atom is 0.241 e. The summed E-state index contributed by atoms with van der Waals surface area (Å²) >= 11 is 1.43. The Kier molecular flexibility index (Phi) is 5.74. The number of thiophene rings is 1. The van der Waals surface area contributed by atoms with E-state index < -0.39 is 10.0 Å². The first kappa shape index (κ1) is 17.1. The maximum atomic E-state index is 12.4. The van der Waals surface area contributed by atoms with Gasteiger partial charge in [-0.15, -0.1) is 11.3 Å². The van der Waals surface area contributed by atoms with Crippen LogP contribution in [0.5, 0.6) is 0 Å². The van der Waals surface area contributed by atoms with Gasteiger partial charge < -0.3 is 4.74 Å². The van der Waals surface area contributed by atoms with E-state index in [4.69, 9.17) is 4.74 Å². The fourth-order valence-corrected chi connectivity index (χ4v) is 4.63. The highest BCUT2D eigenvalue weighted by Crippen LogP contribution is 2.32.